The minimum absolute atomic E-state index is 0.0100. The van der Waals surface area contributed by atoms with E-state index < -0.39 is 5.97 Å². The average Bonchev–Trinajstić information content (AvgIpc) is 3.28. The number of carboxylic acids is 1. The number of hydrogen-bond acceptors (Lipinski definition) is 4. The topological polar surface area (TPSA) is 79.3 Å². The summed E-state index contributed by atoms with van der Waals surface area (Å²) in [6, 6.07) is 24.0. The van der Waals surface area contributed by atoms with Crippen molar-refractivity contribution in [2.24, 2.45) is 0 Å². The number of amides is 1. The van der Waals surface area contributed by atoms with Gasteiger partial charge in [-0.3, -0.25) is 4.79 Å². The standard InChI is InChI=1S/C26H20N2O3S/c29-24(16-20-10-4-5-12-22(20)26(30)31)27-21-11-6-7-18(15-21)13-14-25-28-23(17-32-25)19-8-2-1-3-9-19/h1-15,17H,16H2,(H,27,29)(H,30,31)/b14-13+. The van der Waals surface area contributed by atoms with Crippen LogP contribution < -0.4 is 5.32 Å². The van der Waals surface area contributed by atoms with E-state index in [1.165, 1.54) is 6.07 Å². The highest BCUT2D eigenvalue weighted by Crippen LogP contribution is 2.23. The Balaban J connectivity index is 1.42. The normalized spacial score (nSPS) is 10.9. The van der Waals surface area contributed by atoms with Gasteiger partial charge in [0.2, 0.25) is 5.91 Å². The second-order valence-electron chi connectivity index (χ2n) is 7.08. The van der Waals surface area contributed by atoms with Crippen molar-refractivity contribution >= 4 is 41.1 Å². The minimum atomic E-state index is -1.04. The molecule has 4 aromatic rings. The molecule has 2 N–H and O–H groups in total. The number of rotatable bonds is 7. The zero-order valence-corrected chi connectivity index (χ0v) is 17.9. The summed E-state index contributed by atoms with van der Waals surface area (Å²) >= 11 is 1.57. The highest BCUT2D eigenvalue weighted by atomic mass is 32.1. The Hall–Kier alpha value is -4.03. The molecule has 0 radical (unpaired) electrons. The highest BCUT2D eigenvalue weighted by molar-refractivity contribution is 7.10. The van der Waals surface area contributed by atoms with Crippen molar-refractivity contribution in [2.75, 3.05) is 5.32 Å². The second kappa shape index (κ2) is 9.85. The number of carbonyl (C=O) groups is 2. The summed E-state index contributed by atoms with van der Waals surface area (Å²) in [4.78, 5) is 28.4. The van der Waals surface area contributed by atoms with Crippen LogP contribution in [0.5, 0.6) is 0 Å². The molecule has 0 unspecified atom stereocenters. The van der Waals surface area contributed by atoms with Gasteiger partial charge >= 0.3 is 5.97 Å². The van der Waals surface area contributed by atoms with Crippen LogP contribution in [-0.4, -0.2) is 22.0 Å². The fraction of sp³-hybridized carbons (Fsp3) is 0.0385. The van der Waals surface area contributed by atoms with Crippen molar-refractivity contribution in [3.8, 4) is 11.3 Å². The largest absolute Gasteiger partial charge is 0.478 e. The van der Waals surface area contributed by atoms with Gasteiger partial charge in [0, 0.05) is 16.6 Å². The van der Waals surface area contributed by atoms with Crippen LogP contribution in [-0.2, 0) is 11.2 Å². The minimum Gasteiger partial charge on any atom is -0.478 e. The molecule has 0 aliphatic heterocycles. The van der Waals surface area contributed by atoms with Crippen LogP contribution in [0.15, 0.2) is 84.2 Å². The van der Waals surface area contributed by atoms with Gasteiger partial charge < -0.3 is 10.4 Å². The fourth-order valence-electron chi connectivity index (χ4n) is 3.25. The van der Waals surface area contributed by atoms with Crippen molar-refractivity contribution in [3.63, 3.8) is 0 Å². The molecule has 0 fully saturated rings. The summed E-state index contributed by atoms with van der Waals surface area (Å²) in [6.45, 7) is 0. The quantitative estimate of drug-likeness (QED) is 0.377. The van der Waals surface area contributed by atoms with Gasteiger partial charge in [-0.1, -0.05) is 66.7 Å². The predicted molar refractivity (Wildman–Crippen MR) is 129 cm³/mol. The van der Waals surface area contributed by atoms with Crippen LogP contribution in [0.2, 0.25) is 0 Å². The van der Waals surface area contributed by atoms with Crippen LogP contribution in [0.25, 0.3) is 23.4 Å². The molecule has 4 rings (SSSR count). The number of carboxylic acid groups (broad SMARTS) is 1. The van der Waals surface area contributed by atoms with E-state index in [1.807, 2.05) is 66.1 Å². The van der Waals surface area contributed by atoms with Crippen molar-refractivity contribution in [3.05, 3.63) is 106 Å². The summed E-state index contributed by atoms with van der Waals surface area (Å²) in [5.74, 6) is -1.31. The number of anilines is 1. The van der Waals surface area contributed by atoms with Gasteiger partial charge in [-0.2, -0.15) is 0 Å². The van der Waals surface area contributed by atoms with Gasteiger partial charge in [0.1, 0.15) is 5.01 Å². The number of thiazole rings is 1. The lowest BCUT2D eigenvalue weighted by atomic mass is 10.0. The van der Waals surface area contributed by atoms with E-state index in [1.54, 1.807) is 35.6 Å². The number of aromatic nitrogens is 1. The summed E-state index contributed by atoms with van der Waals surface area (Å²) in [7, 11) is 0. The molecule has 0 aliphatic carbocycles. The third-order valence-electron chi connectivity index (χ3n) is 4.78. The maximum atomic E-state index is 12.5. The molecule has 0 atom stereocenters. The van der Waals surface area contributed by atoms with Crippen molar-refractivity contribution in [1.29, 1.82) is 0 Å². The van der Waals surface area contributed by atoms with Gasteiger partial charge in [0.05, 0.1) is 17.7 Å². The zero-order valence-electron chi connectivity index (χ0n) is 17.1. The number of nitrogens with one attached hydrogen (secondary N) is 1. The first-order chi connectivity index (χ1) is 15.6. The van der Waals surface area contributed by atoms with E-state index in [-0.39, 0.29) is 17.9 Å². The number of hydrogen-bond donors (Lipinski definition) is 2. The first-order valence-electron chi connectivity index (χ1n) is 9.98. The number of aromatic carboxylic acids is 1. The Kier molecular flexibility index (Phi) is 6.53. The molecule has 1 aromatic heterocycles. The van der Waals surface area contributed by atoms with E-state index in [2.05, 4.69) is 10.3 Å². The first kappa shape index (κ1) is 21.2. The summed E-state index contributed by atoms with van der Waals surface area (Å²) in [6.07, 6.45) is 3.88. The zero-order chi connectivity index (χ0) is 22.3. The van der Waals surface area contributed by atoms with Crippen LogP contribution in [0.4, 0.5) is 5.69 Å². The molecule has 5 nitrogen and oxygen atoms in total. The van der Waals surface area contributed by atoms with Crippen LogP contribution >= 0.6 is 11.3 Å². The SMILES string of the molecule is O=C(Cc1ccccc1C(=O)O)Nc1cccc(/C=C/c2nc(-c3ccccc3)cs2)c1. The molecule has 3 aromatic carbocycles. The lowest BCUT2D eigenvalue weighted by Gasteiger charge is -2.08. The Morgan fingerprint density at radius 2 is 1.72 bits per heavy atom. The predicted octanol–water partition coefficient (Wildman–Crippen LogP) is 5.86. The molecular formula is C26H20N2O3S. The number of nitrogens with zero attached hydrogens (tertiary/aromatic N) is 1. The molecule has 1 heterocycles. The number of benzene rings is 3. The van der Waals surface area contributed by atoms with Gasteiger partial charge in [-0.15, -0.1) is 11.3 Å². The lowest BCUT2D eigenvalue weighted by Crippen LogP contribution is -2.16. The number of carbonyl (C=O) groups excluding carboxylic acids is 1. The lowest BCUT2D eigenvalue weighted by molar-refractivity contribution is -0.115. The molecule has 32 heavy (non-hydrogen) atoms. The maximum Gasteiger partial charge on any atom is 0.335 e. The van der Waals surface area contributed by atoms with E-state index in [0.717, 1.165) is 21.8 Å². The maximum absolute atomic E-state index is 12.5. The Morgan fingerprint density at radius 1 is 0.938 bits per heavy atom. The Labute approximate surface area is 189 Å². The van der Waals surface area contributed by atoms with E-state index in [4.69, 9.17) is 0 Å². The highest BCUT2D eigenvalue weighted by Gasteiger charge is 2.12. The van der Waals surface area contributed by atoms with E-state index in [0.29, 0.717) is 11.3 Å². The van der Waals surface area contributed by atoms with Gasteiger partial charge in [0.15, 0.2) is 0 Å². The average molecular weight is 441 g/mol. The molecule has 1 amide bonds. The Morgan fingerprint density at radius 3 is 2.53 bits per heavy atom. The van der Waals surface area contributed by atoms with Crippen LogP contribution in [0.1, 0.15) is 26.5 Å². The summed E-state index contributed by atoms with van der Waals surface area (Å²) in [5, 5.41) is 15.0. The van der Waals surface area contributed by atoms with Crippen LogP contribution in [0.3, 0.4) is 0 Å². The van der Waals surface area contributed by atoms with Crippen LogP contribution in [0, 0.1) is 0 Å². The molecule has 0 saturated carbocycles. The van der Waals surface area contributed by atoms with Crippen molar-refractivity contribution in [1.82, 2.24) is 4.98 Å². The van der Waals surface area contributed by atoms with E-state index in [9.17, 15) is 14.7 Å². The fourth-order valence-corrected chi connectivity index (χ4v) is 3.97. The molecule has 0 aliphatic rings. The molecule has 0 bridgehead atoms. The van der Waals surface area contributed by atoms with Gasteiger partial charge in [-0.25, -0.2) is 9.78 Å². The Bertz CT molecular complexity index is 1280. The third-order valence-corrected chi connectivity index (χ3v) is 5.59. The van der Waals surface area contributed by atoms with Gasteiger partial charge in [0.25, 0.3) is 0 Å². The molecule has 0 saturated heterocycles. The molecule has 0 spiro atoms. The third kappa shape index (κ3) is 5.36. The second-order valence-corrected chi connectivity index (χ2v) is 7.97. The molecule has 6 heteroatoms. The summed E-state index contributed by atoms with van der Waals surface area (Å²) < 4.78 is 0. The summed E-state index contributed by atoms with van der Waals surface area (Å²) in [5.41, 5.74) is 4.21. The van der Waals surface area contributed by atoms with Crippen molar-refractivity contribution < 1.29 is 14.7 Å². The van der Waals surface area contributed by atoms with E-state index >= 15 is 0 Å². The van der Waals surface area contributed by atoms with Crippen molar-refractivity contribution in [2.45, 2.75) is 6.42 Å². The molecule has 158 valence electrons. The monoisotopic (exact) mass is 440 g/mol. The molecular weight excluding hydrogens is 420 g/mol. The van der Waals surface area contributed by atoms with Gasteiger partial charge in [-0.05, 0) is 35.4 Å². The smallest absolute Gasteiger partial charge is 0.335 e. The first-order valence-corrected chi connectivity index (χ1v) is 10.9.